The number of amides is 4. The van der Waals surface area contributed by atoms with E-state index in [1.165, 1.54) is 33.5 Å². The lowest BCUT2D eigenvalue weighted by Crippen LogP contribution is -2.39. The Morgan fingerprint density at radius 2 is 1.82 bits per heavy atom. The number of hydrogen-bond acceptors (Lipinski definition) is 5. The third kappa shape index (κ3) is 3.61. The lowest BCUT2D eigenvalue weighted by atomic mass is 10.2. The van der Waals surface area contributed by atoms with Crippen LogP contribution in [0.25, 0.3) is 0 Å². The summed E-state index contributed by atoms with van der Waals surface area (Å²) in [6.45, 7) is 4.45. The highest BCUT2D eigenvalue weighted by Gasteiger charge is 2.47. The van der Waals surface area contributed by atoms with Crippen molar-refractivity contribution in [2.24, 2.45) is 0 Å². The van der Waals surface area contributed by atoms with Gasteiger partial charge in [0.1, 0.15) is 12.6 Å². The Bertz CT molecular complexity index is 858. The average molecular weight is 408 g/mol. The second-order valence-corrected chi connectivity index (χ2v) is 8.66. The maximum atomic E-state index is 12.5. The number of carbonyl (C=O) groups is 3. The predicted octanol–water partition coefficient (Wildman–Crippen LogP) is 1.08. The van der Waals surface area contributed by atoms with Gasteiger partial charge in [0.25, 0.3) is 5.91 Å². The van der Waals surface area contributed by atoms with Gasteiger partial charge in [-0.3, -0.25) is 14.5 Å². The summed E-state index contributed by atoms with van der Waals surface area (Å²) in [5.41, 5.74) is 0.392. The van der Waals surface area contributed by atoms with Gasteiger partial charge in [0.15, 0.2) is 0 Å². The van der Waals surface area contributed by atoms with E-state index in [1.54, 1.807) is 13.8 Å². The van der Waals surface area contributed by atoms with Crippen LogP contribution >= 0.6 is 0 Å². The number of benzene rings is 1. The van der Waals surface area contributed by atoms with Gasteiger partial charge in [-0.25, -0.2) is 13.2 Å². The Morgan fingerprint density at radius 1 is 1.18 bits per heavy atom. The van der Waals surface area contributed by atoms with E-state index in [-0.39, 0.29) is 17.3 Å². The summed E-state index contributed by atoms with van der Waals surface area (Å²) in [5.74, 6) is -0.847. The van der Waals surface area contributed by atoms with E-state index in [4.69, 9.17) is 0 Å². The quantitative estimate of drug-likeness (QED) is 0.680. The number of carbonyl (C=O) groups excluding carboxylic acids is 3. The van der Waals surface area contributed by atoms with Crippen LogP contribution in [0.5, 0.6) is 0 Å². The van der Waals surface area contributed by atoms with Crippen molar-refractivity contribution in [3.63, 3.8) is 0 Å². The van der Waals surface area contributed by atoms with E-state index in [1.807, 2.05) is 0 Å². The number of nitrogens with one attached hydrogen (secondary N) is 1. The first-order valence-corrected chi connectivity index (χ1v) is 10.8. The van der Waals surface area contributed by atoms with Crippen LogP contribution in [0.4, 0.5) is 10.5 Å². The van der Waals surface area contributed by atoms with E-state index >= 15 is 0 Å². The second kappa shape index (κ2) is 7.88. The van der Waals surface area contributed by atoms with E-state index in [0.717, 1.165) is 11.3 Å². The normalized spacial score (nSPS) is 19.5. The predicted molar refractivity (Wildman–Crippen MR) is 102 cm³/mol. The van der Waals surface area contributed by atoms with Crippen LogP contribution in [0.2, 0.25) is 0 Å². The molecular formula is C18H24N4O5S. The maximum Gasteiger partial charge on any atom is 0.327 e. The molecule has 1 atom stereocenters. The molecule has 1 aromatic rings. The summed E-state index contributed by atoms with van der Waals surface area (Å²) < 4.78 is 26.3. The summed E-state index contributed by atoms with van der Waals surface area (Å²) >= 11 is 0. The molecular weight excluding hydrogens is 384 g/mol. The van der Waals surface area contributed by atoms with Crippen LogP contribution in [0.3, 0.4) is 0 Å². The van der Waals surface area contributed by atoms with Gasteiger partial charge in [-0.2, -0.15) is 4.31 Å². The Labute approximate surface area is 164 Å². The zero-order valence-corrected chi connectivity index (χ0v) is 16.7. The van der Waals surface area contributed by atoms with Crippen molar-refractivity contribution in [2.75, 3.05) is 31.5 Å². The monoisotopic (exact) mass is 408 g/mol. The second-order valence-electron chi connectivity index (χ2n) is 6.72. The SMILES string of the molecule is CCN(CC)S(=O)(=O)c1ccc(NC(=O)CN2C(=O)C3CCCN3C2=O)cc1. The van der Waals surface area contributed by atoms with E-state index in [0.29, 0.717) is 31.7 Å². The van der Waals surface area contributed by atoms with Crippen molar-refractivity contribution in [1.29, 1.82) is 0 Å². The number of imide groups is 1. The highest BCUT2D eigenvalue weighted by Crippen LogP contribution is 2.27. The molecule has 0 aromatic heterocycles. The van der Waals surface area contributed by atoms with Crippen molar-refractivity contribution in [3.05, 3.63) is 24.3 Å². The lowest BCUT2D eigenvalue weighted by Gasteiger charge is -2.18. The average Bonchev–Trinajstić information content (AvgIpc) is 3.23. The molecule has 152 valence electrons. The van der Waals surface area contributed by atoms with E-state index in [9.17, 15) is 22.8 Å². The fourth-order valence-electron chi connectivity index (χ4n) is 3.59. The first kappa shape index (κ1) is 20.3. The Hall–Kier alpha value is -2.46. The third-order valence-corrected chi connectivity index (χ3v) is 7.13. The van der Waals surface area contributed by atoms with Gasteiger partial charge in [0.2, 0.25) is 15.9 Å². The van der Waals surface area contributed by atoms with Crippen LogP contribution in [0, 0.1) is 0 Å². The fourth-order valence-corrected chi connectivity index (χ4v) is 5.05. The van der Waals surface area contributed by atoms with Crippen molar-refractivity contribution >= 4 is 33.6 Å². The molecule has 1 aromatic carbocycles. The summed E-state index contributed by atoms with van der Waals surface area (Å²) in [6, 6.07) is 4.95. The maximum absolute atomic E-state index is 12.5. The molecule has 1 unspecified atom stereocenters. The molecule has 2 saturated heterocycles. The van der Waals surface area contributed by atoms with Crippen molar-refractivity contribution in [2.45, 2.75) is 37.6 Å². The van der Waals surface area contributed by atoms with Crippen LogP contribution < -0.4 is 5.32 Å². The molecule has 0 saturated carbocycles. The molecule has 28 heavy (non-hydrogen) atoms. The van der Waals surface area contributed by atoms with Gasteiger partial charge in [-0.05, 0) is 37.1 Å². The first-order chi connectivity index (χ1) is 13.3. The van der Waals surface area contributed by atoms with Crippen LogP contribution in [-0.2, 0) is 19.6 Å². The molecule has 0 bridgehead atoms. The molecule has 0 spiro atoms. The molecule has 9 nitrogen and oxygen atoms in total. The Kier molecular flexibility index (Phi) is 5.71. The van der Waals surface area contributed by atoms with Gasteiger partial charge < -0.3 is 10.2 Å². The first-order valence-electron chi connectivity index (χ1n) is 9.31. The third-order valence-electron chi connectivity index (χ3n) is 5.06. The molecule has 1 N–H and O–H groups in total. The molecule has 2 aliphatic rings. The van der Waals surface area contributed by atoms with Crippen LogP contribution in [0.1, 0.15) is 26.7 Å². The number of nitrogens with zero attached hydrogens (tertiary/aromatic N) is 3. The van der Waals surface area contributed by atoms with Crippen LogP contribution in [-0.4, -0.2) is 72.6 Å². The number of rotatable bonds is 7. The minimum atomic E-state index is -3.57. The summed E-state index contributed by atoms with van der Waals surface area (Å²) in [5, 5.41) is 2.60. The number of urea groups is 1. The van der Waals surface area contributed by atoms with Crippen LogP contribution in [0.15, 0.2) is 29.2 Å². The van der Waals surface area contributed by atoms with Gasteiger partial charge in [0, 0.05) is 25.3 Å². The summed E-state index contributed by atoms with van der Waals surface area (Å²) in [7, 11) is -3.57. The van der Waals surface area contributed by atoms with Crippen molar-refractivity contribution < 1.29 is 22.8 Å². The smallest absolute Gasteiger partial charge is 0.325 e. The molecule has 0 radical (unpaired) electrons. The topological polar surface area (TPSA) is 107 Å². The van der Waals surface area contributed by atoms with Gasteiger partial charge in [0.05, 0.1) is 4.90 Å². The molecule has 10 heteroatoms. The molecule has 3 rings (SSSR count). The molecule has 0 aliphatic carbocycles. The van der Waals surface area contributed by atoms with Gasteiger partial charge in [-0.15, -0.1) is 0 Å². The largest absolute Gasteiger partial charge is 0.327 e. The highest BCUT2D eigenvalue weighted by molar-refractivity contribution is 7.89. The number of hydrogen-bond donors (Lipinski definition) is 1. The summed E-state index contributed by atoms with van der Waals surface area (Å²) in [4.78, 5) is 39.4. The van der Waals surface area contributed by atoms with Crippen molar-refractivity contribution in [1.82, 2.24) is 14.1 Å². The van der Waals surface area contributed by atoms with Gasteiger partial charge in [-0.1, -0.05) is 13.8 Å². The molecule has 2 heterocycles. The fraction of sp³-hybridized carbons (Fsp3) is 0.500. The minimum Gasteiger partial charge on any atom is -0.325 e. The van der Waals surface area contributed by atoms with E-state index in [2.05, 4.69) is 5.32 Å². The molecule has 4 amide bonds. The summed E-state index contributed by atoms with van der Waals surface area (Å²) in [6.07, 6.45) is 1.43. The molecule has 2 fully saturated rings. The molecule has 2 aliphatic heterocycles. The zero-order chi connectivity index (χ0) is 20.5. The number of anilines is 1. The lowest BCUT2D eigenvalue weighted by molar-refractivity contribution is -0.131. The zero-order valence-electron chi connectivity index (χ0n) is 15.9. The highest BCUT2D eigenvalue weighted by atomic mass is 32.2. The number of sulfonamides is 1. The van der Waals surface area contributed by atoms with Gasteiger partial charge >= 0.3 is 6.03 Å². The Morgan fingerprint density at radius 3 is 2.39 bits per heavy atom. The van der Waals surface area contributed by atoms with E-state index < -0.39 is 28.0 Å². The minimum absolute atomic E-state index is 0.139. The standard InChI is InChI=1S/C18H24N4O5S/c1-3-20(4-2)28(26,27)14-9-7-13(8-10-14)19-16(23)12-22-17(24)15-6-5-11-21(15)18(22)25/h7-10,15H,3-6,11-12H2,1-2H3,(H,19,23). The Balaban J connectivity index is 1.64. The van der Waals surface area contributed by atoms with Crippen molar-refractivity contribution in [3.8, 4) is 0 Å². The number of fused-ring (bicyclic) bond motifs is 1.